The Balaban J connectivity index is 2.44. The number of nitrogen functional groups attached to an aromatic ring is 1. The van der Waals surface area contributed by atoms with Crippen molar-refractivity contribution in [1.29, 1.82) is 0 Å². The largest absolute Gasteiger partial charge is 0.390 e. The second-order valence-electron chi connectivity index (χ2n) is 3.24. The number of anilines is 1. The van der Waals surface area contributed by atoms with E-state index in [4.69, 9.17) is 5.73 Å². The fourth-order valence-corrected chi connectivity index (χ4v) is 1.70. The predicted octanol–water partition coefficient (Wildman–Crippen LogP) is 2.92. The molecular formula is C9H15NS. The molecule has 0 bridgehead atoms. The van der Waals surface area contributed by atoms with Gasteiger partial charge >= 0.3 is 0 Å². The second-order valence-corrected chi connectivity index (χ2v) is 4.19. The summed E-state index contributed by atoms with van der Waals surface area (Å²) in [5.41, 5.74) is 7.07. The maximum Gasteiger partial charge on any atom is 0.0888 e. The fraction of sp³-hybridized carbons (Fsp3) is 0.556. The molecule has 0 saturated heterocycles. The van der Waals surface area contributed by atoms with Crippen LogP contribution in [0.3, 0.4) is 0 Å². The summed E-state index contributed by atoms with van der Waals surface area (Å²) in [5, 5.41) is 3.05. The average Bonchev–Trinajstić information content (AvgIpc) is 2.31. The topological polar surface area (TPSA) is 26.0 Å². The Labute approximate surface area is 72.2 Å². The molecule has 0 atom stereocenters. The number of hydrogen-bond acceptors (Lipinski definition) is 2. The summed E-state index contributed by atoms with van der Waals surface area (Å²) in [5.74, 6) is 0.772. The van der Waals surface area contributed by atoms with Crippen molar-refractivity contribution in [3.05, 3.63) is 17.0 Å². The van der Waals surface area contributed by atoms with E-state index in [1.165, 1.54) is 12.0 Å². The number of hydrogen-bond donors (Lipinski definition) is 1. The van der Waals surface area contributed by atoms with Crippen molar-refractivity contribution >= 4 is 16.3 Å². The van der Waals surface area contributed by atoms with E-state index in [9.17, 15) is 0 Å². The highest BCUT2D eigenvalue weighted by molar-refractivity contribution is 7.14. The molecule has 0 aromatic carbocycles. The molecule has 2 N–H and O–H groups in total. The highest BCUT2D eigenvalue weighted by Gasteiger charge is 2.00. The lowest BCUT2D eigenvalue weighted by Gasteiger charge is -2.02. The van der Waals surface area contributed by atoms with Crippen LogP contribution in [0.15, 0.2) is 11.4 Å². The van der Waals surface area contributed by atoms with Crippen LogP contribution in [0.5, 0.6) is 0 Å². The van der Waals surface area contributed by atoms with Crippen molar-refractivity contribution in [2.45, 2.75) is 26.7 Å². The molecule has 0 saturated carbocycles. The fourth-order valence-electron chi connectivity index (χ4n) is 0.998. The van der Waals surface area contributed by atoms with Crippen LogP contribution in [0.4, 0.5) is 5.00 Å². The molecule has 0 unspecified atom stereocenters. The van der Waals surface area contributed by atoms with E-state index in [0.717, 1.165) is 17.3 Å². The average molecular weight is 169 g/mol. The second kappa shape index (κ2) is 3.77. The summed E-state index contributed by atoms with van der Waals surface area (Å²) in [6.45, 7) is 4.48. The first kappa shape index (κ1) is 8.60. The van der Waals surface area contributed by atoms with Crippen molar-refractivity contribution in [2.75, 3.05) is 5.73 Å². The minimum Gasteiger partial charge on any atom is -0.390 e. The zero-order valence-corrected chi connectivity index (χ0v) is 7.95. The van der Waals surface area contributed by atoms with Gasteiger partial charge in [0.25, 0.3) is 0 Å². The molecule has 0 aliphatic heterocycles. The molecule has 1 rings (SSSR count). The van der Waals surface area contributed by atoms with Gasteiger partial charge < -0.3 is 5.73 Å². The maximum atomic E-state index is 5.75. The van der Waals surface area contributed by atoms with Crippen molar-refractivity contribution < 1.29 is 0 Å². The Hall–Kier alpha value is -0.500. The summed E-state index contributed by atoms with van der Waals surface area (Å²) in [6.07, 6.45) is 2.37. The highest BCUT2D eigenvalue weighted by Crippen LogP contribution is 2.21. The molecule has 0 aliphatic carbocycles. The van der Waals surface area contributed by atoms with E-state index in [1.807, 2.05) is 0 Å². The zero-order valence-electron chi connectivity index (χ0n) is 7.13. The van der Waals surface area contributed by atoms with Crippen LogP contribution in [0.1, 0.15) is 25.8 Å². The lowest BCUT2D eigenvalue weighted by Crippen LogP contribution is -1.93. The minimum atomic E-state index is 0.772. The van der Waals surface area contributed by atoms with E-state index in [0.29, 0.717) is 0 Å². The first-order valence-electron chi connectivity index (χ1n) is 4.02. The van der Waals surface area contributed by atoms with Crippen molar-refractivity contribution in [3.8, 4) is 0 Å². The van der Waals surface area contributed by atoms with Crippen LogP contribution in [0.2, 0.25) is 0 Å². The van der Waals surface area contributed by atoms with Crippen molar-refractivity contribution in [3.63, 3.8) is 0 Å². The van der Waals surface area contributed by atoms with Gasteiger partial charge in [0.05, 0.1) is 5.00 Å². The molecule has 62 valence electrons. The highest BCUT2D eigenvalue weighted by atomic mass is 32.1. The van der Waals surface area contributed by atoms with Crippen LogP contribution in [-0.2, 0) is 6.42 Å². The van der Waals surface area contributed by atoms with Gasteiger partial charge in [0.2, 0.25) is 0 Å². The van der Waals surface area contributed by atoms with Crippen LogP contribution in [0, 0.1) is 5.92 Å². The standard InChI is InChI=1S/C9H15NS/c1-7(2)3-4-8-5-6-11-9(8)10/h5-7H,3-4,10H2,1-2H3. The van der Waals surface area contributed by atoms with Crippen LogP contribution >= 0.6 is 11.3 Å². The van der Waals surface area contributed by atoms with Gasteiger partial charge in [-0.3, -0.25) is 0 Å². The first-order valence-corrected chi connectivity index (χ1v) is 4.90. The van der Waals surface area contributed by atoms with Gasteiger partial charge in [-0.2, -0.15) is 0 Å². The number of rotatable bonds is 3. The summed E-state index contributed by atoms with van der Waals surface area (Å²) in [6, 6.07) is 2.13. The lowest BCUT2D eigenvalue weighted by molar-refractivity contribution is 0.588. The monoisotopic (exact) mass is 169 g/mol. The van der Waals surface area contributed by atoms with Gasteiger partial charge in [0.1, 0.15) is 0 Å². The smallest absolute Gasteiger partial charge is 0.0888 e. The van der Waals surface area contributed by atoms with Gasteiger partial charge in [0.15, 0.2) is 0 Å². The molecule has 0 amide bonds. The first-order chi connectivity index (χ1) is 5.20. The van der Waals surface area contributed by atoms with Crippen molar-refractivity contribution in [1.82, 2.24) is 0 Å². The Morgan fingerprint density at radius 2 is 2.27 bits per heavy atom. The van der Waals surface area contributed by atoms with E-state index < -0.39 is 0 Å². The Morgan fingerprint density at radius 3 is 2.73 bits per heavy atom. The van der Waals surface area contributed by atoms with E-state index in [1.54, 1.807) is 11.3 Å². The molecule has 0 aliphatic rings. The molecule has 0 fully saturated rings. The third-order valence-electron chi connectivity index (χ3n) is 1.77. The maximum absolute atomic E-state index is 5.75. The Kier molecular flexibility index (Phi) is 2.94. The lowest BCUT2D eigenvalue weighted by atomic mass is 10.0. The molecule has 1 nitrogen and oxygen atoms in total. The molecular weight excluding hydrogens is 154 g/mol. The predicted molar refractivity (Wildman–Crippen MR) is 51.9 cm³/mol. The molecule has 0 radical (unpaired) electrons. The molecule has 1 aromatic rings. The van der Waals surface area contributed by atoms with Gasteiger partial charge in [-0.15, -0.1) is 11.3 Å². The summed E-state index contributed by atoms with van der Waals surface area (Å²) >= 11 is 1.63. The Bertz CT molecular complexity index is 215. The SMILES string of the molecule is CC(C)CCc1ccsc1N. The van der Waals surface area contributed by atoms with E-state index >= 15 is 0 Å². The van der Waals surface area contributed by atoms with Gasteiger partial charge in [0, 0.05) is 0 Å². The summed E-state index contributed by atoms with van der Waals surface area (Å²) in [7, 11) is 0. The van der Waals surface area contributed by atoms with Gasteiger partial charge in [-0.1, -0.05) is 13.8 Å². The Morgan fingerprint density at radius 1 is 1.55 bits per heavy atom. The summed E-state index contributed by atoms with van der Waals surface area (Å²) in [4.78, 5) is 0. The molecule has 1 aromatic heterocycles. The van der Waals surface area contributed by atoms with Gasteiger partial charge in [-0.25, -0.2) is 0 Å². The molecule has 11 heavy (non-hydrogen) atoms. The number of aryl methyl sites for hydroxylation is 1. The van der Waals surface area contributed by atoms with Crippen molar-refractivity contribution in [2.24, 2.45) is 5.92 Å². The van der Waals surface area contributed by atoms with Crippen LogP contribution in [0.25, 0.3) is 0 Å². The van der Waals surface area contributed by atoms with Crippen LogP contribution in [-0.4, -0.2) is 0 Å². The van der Waals surface area contributed by atoms with E-state index in [2.05, 4.69) is 25.3 Å². The molecule has 1 heterocycles. The summed E-state index contributed by atoms with van der Waals surface area (Å²) < 4.78 is 0. The third-order valence-corrected chi connectivity index (χ3v) is 2.56. The van der Waals surface area contributed by atoms with Crippen LogP contribution < -0.4 is 5.73 Å². The third kappa shape index (κ3) is 2.54. The zero-order chi connectivity index (χ0) is 8.27. The molecule has 2 heteroatoms. The normalized spacial score (nSPS) is 10.8. The minimum absolute atomic E-state index is 0.772. The number of nitrogens with two attached hydrogens (primary N) is 1. The van der Waals surface area contributed by atoms with E-state index in [-0.39, 0.29) is 0 Å². The quantitative estimate of drug-likeness (QED) is 0.739. The number of thiophene rings is 1. The molecule has 0 spiro atoms. The van der Waals surface area contributed by atoms with Gasteiger partial charge in [-0.05, 0) is 35.8 Å².